The van der Waals surface area contributed by atoms with Crippen molar-refractivity contribution in [2.75, 3.05) is 53.4 Å². The number of hydrogen-bond acceptors (Lipinski definition) is 4. The van der Waals surface area contributed by atoms with E-state index in [1.165, 1.54) is 12.8 Å². The summed E-state index contributed by atoms with van der Waals surface area (Å²) in [6.07, 6.45) is 2.65. The van der Waals surface area contributed by atoms with Gasteiger partial charge in [-0.1, -0.05) is 0 Å². The highest BCUT2D eigenvalue weighted by molar-refractivity contribution is 5.78. The van der Waals surface area contributed by atoms with Crippen LogP contribution in [0.25, 0.3) is 0 Å². The normalized spacial score (nSPS) is 26.2. The molecule has 0 aromatic rings. The van der Waals surface area contributed by atoms with Gasteiger partial charge in [-0.05, 0) is 39.4 Å². The average Bonchev–Trinajstić information content (AvgIpc) is 3.14. The lowest BCUT2D eigenvalue weighted by Gasteiger charge is -2.37. The SMILES string of the molecule is CN1CCN(C)C(CNC(=O)CNCC2CC2)C1. The molecular weight excluding hydrogens is 228 g/mol. The first-order chi connectivity index (χ1) is 8.65. The van der Waals surface area contributed by atoms with Gasteiger partial charge >= 0.3 is 0 Å². The zero-order valence-corrected chi connectivity index (χ0v) is 11.6. The van der Waals surface area contributed by atoms with E-state index in [9.17, 15) is 4.79 Å². The van der Waals surface area contributed by atoms with E-state index in [1.807, 2.05) is 0 Å². The quantitative estimate of drug-likeness (QED) is 0.661. The molecule has 1 heterocycles. The molecule has 2 fully saturated rings. The Morgan fingerprint density at radius 3 is 2.72 bits per heavy atom. The third kappa shape index (κ3) is 4.55. The monoisotopic (exact) mass is 254 g/mol. The van der Waals surface area contributed by atoms with Gasteiger partial charge in [0, 0.05) is 32.2 Å². The van der Waals surface area contributed by atoms with Gasteiger partial charge in [-0.25, -0.2) is 0 Å². The van der Waals surface area contributed by atoms with Crippen LogP contribution in [0.15, 0.2) is 0 Å². The van der Waals surface area contributed by atoms with Crippen molar-refractivity contribution in [1.82, 2.24) is 20.4 Å². The molecule has 0 radical (unpaired) electrons. The summed E-state index contributed by atoms with van der Waals surface area (Å²) in [6, 6.07) is 0.441. The Morgan fingerprint density at radius 1 is 1.22 bits per heavy atom. The van der Waals surface area contributed by atoms with Crippen LogP contribution in [0.1, 0.15) is 12.8 Å². The second kappa shape index (κ2) is 6.50. The highest BCUT2D eigenvalue weighted by Gasteiger charge is 2.23. The summed E-state index contributed by atoms with van der Waals surface area (Å²) in [5.41, 5.74) is 0. The van der Waals surface area contributed by atoms with Gasteiger partial charge in [0.1, 0.15) is 0 Å². The molecular formula is C13H26N4O. The summed E-state index contributed by atoms with van der Waals surface area (Å²) in [5.74, 6) is 0.952. The van der Waals surface area contributed by atoms with E-state index in [0.717, 1.165) is 38.6 Å². The summed E-state index contributed by atoms with van der Waals surface area (Å²) in [5, 5.41) is 6.25. The fourth-order valence-electron chi connectivity index (χ4n) is 2.33. The molecule has 0 spiro atoms. The van der Waals surface area contributed by atoms with Crippen LogP contribution in [-0.2, 0) is 4.79 Å². The lowest BCUT2D eigenvalue weighted by atomic mass is 10.2. The van der Waals surface area contributed by atoms with E-state index in [1.54, 1.807) is 0 Å². The molecule has 2 N–H and O–H groups in total. The number of hydrogen-bond donors (Lipinski definition) is 2. The topological polar surface area (TPSA) is 47.6 Å². The number of carbonyl (C=O) groups excluding carboxylic acids is 1. The van der Waals surface area contributed by atoms with Crippen LogP contribution in [-0.4, -0.2) is 75.1 Å². The summed E-state index contributed by atoms with van der Waals surface area (Å²) in [6.45, 7) is 5.44. The zero-order chi connectivity index (χ0) is 13.0. The van der Waals surface area contributed by atoms with Gasteiger partial charge in [-0.2, -0.15) is 0 Å². The van der Waals surface area contributed by atoms with Crippen molar-refractivity contribution >= 4 is 5.91 Å². The molecule has 1 saturated carbocycles. The fraction of sp³-hybridized carbons (Fsp3) is 0.923. The van der Waals surface area contributed by atoms with Crippen LogP contribution >= 0.6 is 0 Å². The molecule has 0 aromatic heterocycles. The van der Waals surface area contributed by atoms with E-state index in [0.29, 0.717) is 12.6 Å². The second-order valence-electron chi connectivity index (χ2n) is 5.78. The predicted octanol–water partition coefficient (Wildman–Crippen LogP) is -0.652. The van der Waals surface area contributed by atoms with Gasteiger partial charge < -0.3 is 15.5 Å². The molecule has 1 atom stereocenters. The fourth-order valence-corrected chi connectivity index (χ4v) is 2.33. The van der Waals surface area contributed by atoms with Gasteiger partial charge in [0.2, 0.25) is 5.91 Å². The van der Waals surface area contributed by atoms with Crippen LogP contribution in [0.5, 0.6) is 0 Å². The van der Waals surface area contributed by atoms with Crippen LogP contribution in [0.3, 0.4) is 0 Å². The highest BCUT2D eigenvalue weighted by Crippen LogP contribution is 2.27. The van der Waals surface area contributed by atoms with Crippen molar-refractivity contribution in [3.8, 4) is 0 Å². The molecule has 18 heavy (non-hydrogen) atoms. The summed E-state index contributed by atoms with van der Waals surface area (Å²) in [7, 11) is 4.27. The smallest absolute Gasteiger partial charge is 0.234 e. The Morgan fingerprint density at radius 2 is 2.00 bits per heavy atom. The molecule has 104 valence electrons. The summed E-state index contributed by atoms with van der Waals surface area (Å²) < 4.78 is 0. The van der Waals surface area contributed by atoms with Crippen molar-refractivity contribution in [3.05, 3.63) is 0 Å². The van der Waals surface area contributed by atoms with Crippen LogP contribution in [0, 0.1) is 5.92 Å². The summed E-state index contributed by atoms with van der Waals surface area (Å²) in [4.78, 5) is 16.3. The number of piperazine rings is 1. The predicted molar refractivity (Wildman–Crippen MR) is 72.5 cm³/mol. The molecule has 1 aliphatic carbocycles. The third-order valence-electron chi connectivity index (χ3n) is 3.93. The first-order valence-electron chi connectivity index (χ1n) is 7.01. The number of rotatable bonds is 6. The van der Waals surface area contributed by atoms with E-state index >= 15 is 0 Å². The Balaban J connectivity index is 1.58. The maximum atomic E-state index is 11.7. The van der Waals surface area contributed by atoms with Gasteiger partial charge in [0.25, 0.3) is 0 Å². The van der Waals surface area contributed by atoms with Crippen molar-refractivity contribution in [3.63, 3.8) is 0 Å². The number of amides is 1. The molecule has 5 nitrogen and oxygen atoms in total. The van der Waals surface area contributed by atoms with Crippen LogP contribution in [0.4, 0.5) is 0 Å². The molecule has 0 bridgehead atoms. The molecule has 1 aliphatic heterocycles. The van der Waals surface area contributed by atoms with E-state index in [2.05, 4.69) is 34.5 Å². The maximum absolute atomic E-state index is 11.7. The number of carbonyl (C=O) groups is 1. The number of nitrogens with zero attached hydrogens (tertiary/aromatic N) is 2. The second-order valence-corrected chi connectivity index (χ2v) is 5.78. The lowest BCUT2D eigenvalue weighted by molar-refractivity contribution is -0.120. The van der Waals surface area contributed by atoms with Crippen molar-refractivity contribution in [1.29, 1.82) is 0 Å². The van der Waals surface area contributed by atoms with E-state index < -0.39 is 0 Å². The minimum atomic E-state index is 0.122. The zero-order valence-electron chi connectivity index (χ0n) is 11.6. The van der Waals surface area contributed by atoms with E-state index in [-0.39, 0.29) is 5.91 Å². The Hall–Kier alpha value is -0.650. The maximum Gasteiger partial charge on any atom is 0.234 e. The molecule has 5 heteroatoms. The third-order valence-corrected chi connectivity index (χ3v) is 3.93. The lowest BCUT2D eigenvalue weighted by Crippen LogP contribution is -2.54. The van der Waals surface area contributed by atoms with E-state index in [4.69, 9.17) is 0 Å². The molecule has 2 aliphatic rings. The van der Waals surface area contributed by atoms with Gasteiger partial charge in [-0.3, -0.25) is 9.69 Å². The largest absolute Gasteiger partial charge is 0.353 e. The molecule has 2 rings (SSSR count). The molecule has 0 aromatic carbocycles. The van der Waals surface area contributed by atoms with Crippen LogP contribution < -0.4 is 10.6 Å². The number of nitrogens with one attached hydrogen (secondary N) is 2. The minimum absolute atomic E-state index is 0.122. The highest BCUT2D eigenvalue weighted by atomic mass is 16.1. The minimum Gasteiger partial charge on any atom is -0.353 e. The van der Waals surface area contributed by atoms with Gasteiger partial charge in [0.15, 0.2) is 0 Å². The molecule has 1 unspecified atom stereocenters. The molecule has 1 amide bonds. The first-order valence-corrected chi connectivity index (χ1v) is 7.01. The Kier molecular flexibility index (Phi) is 4.97. The van der Waals surface area contributed by atoms with Crippen LogP contribution in [0.2, 0.25) is 0 Å². The van der Waals surface area contributed by atoms with Crippen molar-refractivity contribution in [2.45, 2.75) is 18.9 Å². The number of likely N-dealkylation sites (N-methyl/N-ethyl adjacent to an activating group) is 2. The van der Waals surface area contributed by atoms with Crippen molar-refractivity contribution < 1.29 is 4.79 Å². The molecule has 1 saturated heterocycles. The van der Waals surface area contributed by atoms with Gasteiger partial charge in [-0.15, -0.1) is 0 Å². The Labute approximate surface area is 110 Å². The van der Waals surface area contributed by atoms with Gasteiger partial charge in [0.05, 0.1) is 6.54 Å². The Bertz CT molecular complexity index is 280. The standard InChI is InChI=1S/C13H26N4O/c1-16-5-6-17(2)12(10-16)8-15-13(18)9-14-7-11-3-4-11/h11-12,14H,3-10H2,1-2H3,(H,15,18). The van der Waals surface area contributed by atoms with Crippen molar-refractivity contribution in [2.24, 2.45) is 5.92 Å². The average molecular weight is 254 g/mol. The summed E-state index contributed by atoms with van der Waals surface area (Å²) >= 11 is 0. The first kappa shape index (κ1) is 13.8.